The average molecular weight is 364 g/mol. The van der Waals surface area contributed by atoms with Crippen molar-refractivity contribution in [1.29, 1.82) is 0 Å². The maximum Gasteiger partial charge on any atom is 0.244 e. The molecule has 1 N–H and O–H groups in total. The minimum Gasteiger partial charge on any atom is -0.299 e. The van der Waals surface area contributed by atoms with Gasteiger partial charge in [0.15, 0.2) is 14.2 Å². The van der Waals surface area contributed by atoms with E-state index in [-0.39, 0.29) is 0 Å². The van der Waals surface area contributed by atoms with E-state index in [1.54, 1.807) is 11.3 Å². The highest BCUT2D eigenvalue weighted by molar-refractivity contribution is 8.00. The van der Waals surface area contributed by atoms with Crippen molar-refractivity contribution in [3.05, 3.63) is 22.4 Å². The third-order valence-corrected chi connectivity index (χ3v) is 7.14. The molecule has 2 aromatic rings. The van der Waals surface area contributed by atoms with E-state index >= 15 is 0 Å². The molecule has 1 unspecified atom stereocenters. The van der Waals surface area contributed by atoms with Gasteiger partial charge in [0, 0.05) is 16.9 Å². The molecule has 2 rings (SSSR count). The Labute approximate surface area is 134 Å². The van der Waals surface area contributed by atoms with Gasteiger partial charge < -0.3 is 0 Å². The van der Waals surface area contributed by atoms with Gasteiger partial charge in [-0.05, 0) is 18.4 Å². The number of anilines is 1. The predicted octanol–water partition coefficient (Wildman–Crippen LogP) is 2.26. The van der Waals surface area contributed by atoms with Crippen molar-refractivity contribution >= 4 is 55.3 Å². The Morgan fingerprint density at radius 2 is 2.24 bits per heavy atom. The Kier molecular flexibility index (Phi) is 5.36. The molecule has 0 aliphatic rings. The van der Waals surface area contributed by atoms with Crippen LogP contribution >= 0.6 is 34.4 Å². The lowest BCUT2D eigenvalue weighted by Gasteiger charge is -2.07. The molecule has 0 aromatic carbocycles. The summed E-state index contributed by atoms with van der Waals surface area (Å²) in [6.45, 7) is 1.35. The first-order valence-corrected chi connectivity index (χ1v) is 10.5. The van der Waals surface area contributed by atoms with Gasteiger partial charge in [-0.2, -0.15) is 0 Å². The van der Waals surface area contributed by atoms with E-state index in [0.717, 1.165) is 16.3 Å². The van der Waals surface area contributed by atoms with Crippen LogP contribution in [0.4, 0.5) is 5.13 Å². The largest absolute Gasteiger partial charge is 0.299 e. The Bertz CT molecular complexity index is 709. The van der Waals surface area contributed by atoms with Gasteiger partial charge in [0.2, 0.25) is 11.0 Å². The van der Waals surface area contributed by atoms with Crippen molar-refractivity contribution in [2.24, 2.45) is 0 Å². The molecular weight excluding hydrogens is 350 g/mol. The summed E-state index contributed by atoms with van der Waals surface area (Å²) < 4.78 is 23.3. The number of thiophene rings is 1. The lowest BCUT2D eigenvalue weighted by Crippen LogP contribution is -2.31. The van der Waals surface area contributed by atoms with Crippen molar-refractivity contribution in [2.75, 3.05) is 11.6 Å². The molecule has 1 amide bonds. The highest BCUT2D eigenvalue weighted by Gasteiger charge is 2.24. The third kappa shape index (κ3) is 4.77. The number of carbonyl (C=O) groups is 1. The van der Waals surface area contributed by atoms with E-state index in [4.69, 9.17) is 0 Å². The molecule has 21 heavy (non-hydrogen) atoms. The van der Waals surface area contributed by atoms with Crippen molar-refractivity contribution < 1.29 is 13.2 Å². The summed E-state index contributed by atoms with van der Waals surface area (Å²) in [6.07, 6.45) is 1.03. The van der Waals surface area contributed by atoms with Crippen LogP contribution in [0.2, 0.25) is 0 Å². The van der Waals surface area contributed by atoms with Crippen molar-refractivity contribution in [3.63, 3.8) is 0 Å². The molecule has 0 fully saturated rings. The summed E-state index contributed by atoms with van der Waals surface area (Å²) in [6, 6.07) is 4.02. The molecule has 10 heteroatoms. The molecule has 0 aliphatic heterocycles. The van der Waals surface area contributed by atoms with E-state index in [1.807, 2.05) is 17.5 Å². The normalized spacial score (nSPS) is 13.0. The smallest absolute Gasteiger partial charge is 0.244 e. The molecule has 0 spiro atoms. The number of thioether (sulfide) groups is 1. The fraction of sp³-hybridized carbons (Fsp3) is 0.364. The second kappa shape index (κ2) is 6.86. The molecule has 114 valence electrons. The standard InChI is InChI=1S/C11H13N3O3S4/c1-7(21(2,16)17)9(15)12-10-13-14-11(20-10)19-6-8-4-3-5-18-8/h3-5,7H,6H2,1-2H3,(H,12,13,15). The minimum absolute atomic E-state index is 0.309. The quantitative estimate of drug-likeness (QED) is 0.625. The van der Waals surface area contributed by atoms with Crippen LogP contribution in [0.1, 0.15) is 11.8 Å². The monoisotopic (exact) mass is 363 g/mol. The molecule has 6 nitrogen and oxygen atoms in total. The topological polar surface area (TPSA) is 89.0 Å². The van der Waals surface area contributed by atoms with E-state index in [0.29, 0.717) is 5.13 Å². The number of nitrogens with one attached hydrogen (secondary N) is 1. The van der Waals surface area contributed by atoms with Gasteiger partial charge in [-0.3, -0.25) is 10.1 Å². The first-order chi connectivity index (χ1) is 9.86. The number of hydrogen-bond donors (Lipinski definition) is 1. The summed E-state index contributed by atoms with van der Waals surface area (Å²) in [5, 5.41) is 11.5. The molecule has 2 heterocycles. The zero-order chi connectivity index (χ0) is 15.5. The van der Waals surface area contributed by atoms with Crippen LogP contribution in [-0.4, -0.2) is 36.0 Å². The van der Waals surface area contributed by atoms with E-state index in [1.165, 1.54) is 34.9 Å². The molecule has 0 radical (unpaired) electrons. The molecule has 0 saturated heterocycles. The molecule has 0 aliphatic carbocycles. The maximum atomic E-state index is 11.8. The van der Waals surface area contributed by atoms with E-state index < -0.39 is 21.0 Å². The van der Waals surface area contributed by atoms with Crippen LogP contribution < -0.4 is 5.32 Å². The Hall–Kier alpha value is -0.970. The van der Waals surface area contributed by atoms with Gasteiger partial charge >= 0.3 is 0 Å². The minimum atomic E-state index is -3.41. The number of carbonyl (C=O) groups excluding carboxylic acids is 1. The summed E-state index contributed by atoms with van der Waals surface area (Å²) in [5.41, 5.74) is 0. The van der Waals surface area contributed by atoms with Crippen molar-refractivity contribution in [2.45, 2.75) is 22.3 Å². The van der Waals surface area contributed by atoms with E-state index in [9.17, 15) is 13.2 Å². The summed E-state index contributed by atoms with van der Waals surface area (Å²) in [7, 11) is -3.41. The molecule has 1 atom stereocenters. The predicted molar refractivity (Wildman–Crippen MR) is 86.7 cm³/mol. The van der Waals surface area contributed by atoms with E-state index in [2.05, 4.69) is 15.5 Å². The fourth-order valence-electron chi connectivity index (χ4n) is 1.25. The average Bonchev–Trinajstić information content (AvgIpc) is 3.05. The SMILES string of the molecule is CC(C(=O)Nc1nnc(SCc2cccs2)s1)S(C)(=O)=O. The molecule has 0 bridgehead atoms. The van der Waals surface area contributed by atoms with Gasteiger partial charge in [-0.25, -0.2) is 8.42 Å². The first-order valence-electron chi connectivity index (χ1n) is 5.84. The Balaban J connectivity index is 1.92. The van der Waals surface area contributed by atoms with Crippen molar-refractivity contribution in [1.82, 2.24) is 10.2 Å². The van der Waals surface area contributed by atoms with Crippen LogP contribution in [-0.2, 0) is 20.4 Å². The zero-order valence-electron chi connectivity index (χ0n) is 11.3. The number of amides is 1. The summed E-state index contributed by atoms with van der Waals surface area (Å²) >= 11 is 4.42. The van der Waals surface area contributed by atoms with Crippen molar-refractivity contribution in [3.8, 4) is 0 Å². The van der Waals surface area contributed by atoms with Crippen LogP contribution in [0.15, 0.2) is 21.9 Å². The van der Waals surface area contributed by atoms with Crippen LogP contribution in [0, 0.1) is 0 Å². The fourth-order valence-corrected chi connectivity index (χ4v) is 4.22. The lowest BCUT2D eigenvalue weighted by atomic mass is 10.4. The Morgan fingerprint density at radius 3 is 2.86 bits per heavy atom. The van der Waals surface area contributed by atoms with Gasteiger partial charge in [0.25, 0.3) is 0 Å². The number of hydrogen-bond acceptors (Lipinski definition) is 8. The van der Waals surface area contributed by atoms with Crippen LogP contribution in [0.5, 0.6) is 0 Å². The summed E-state index contributed by atoms with van der Waals surface area (Å²) in [5.74, 6) is 0.198. The highest BCUT2D eigenvalue weighted by Crippen LogP contribution is 2.29. The Morgan fingerprint density at radius 1 is 1.48 bits per heavy atom. The molecule has 2 aromatic heterocycles. The second-order valence-corrected chi connectivity index (χ2v) is 9.80. The van der Waals surface area contributed by atoms with Crippen LogP contribution in [0.25, 0.3) is 0 Å². The number of rotatable bonds is 6. The summed E-state index contributed by atoms with van der Waals surface area (Å²) in [4.78, 5) is 13.0. The zero-order valence-corrected chi connectivity index (χ0v) is 14.5. The molecule has 0 saturated carbocycles. The number of aromatic nitrogens is 2. The first kappa shape index (κ1) is 16.4. The van der Waals surface area contributed by atoms with Gasteiger partial charge in [0.1, 0.15) is 5.25 Å². The maximum absolute atomic E-state index is 11.8. The number of nitrogens with zero attached hydrogens (tertiary/aromatic N) is 2. The van der Waals surface area contributed by atoms with Gasteiger partial charge in [-0.15, -0.1) is 21.5 Å². The van der Waals surface area contributed by atoms with Crippen LogP contribution in [0.3, 0.4) is 0 Å². The highest BCUT2D eigenvalue weighted by atomic mass is 32.2. The van der Waals surface area contributed by atoms with Gasteiger partial charge in [-0.1, -0.05) is 29.2 Å². The number of sulfone groups is 1. The lowest BCUT2D eigenvalue weighted by molar-refractivity contribution is -0.115. The third-order valence-electron chi connectivity index (χ3n) is 2.57. The van der Waals surface area contributed by atoms with Gasteiger partial charge in [0.05, 0.1) is 0 Å². The second-order valence-electron chi connectivity index (χ2n) is 4.20. The molecular formula is C11H13N3O3S4.